The monoisotopic (exact) mass is 663 g/mol. The second-order valence-corrected chi connectivity index (χ2v) is 13.3. The predicted octanol–water partition coefficient (Wildman–Crippen LogP) is 14.4. The Labute approximate surface area is 302 Å². The van der Waals surface area contributed by atoms with Crippen LogP contribution in [0.2, 0.25) is 0 Å². The fourth-order valence-corrected chi connectivity index (χ4v) is 7.70. The normalized spacial score (nSPS) is 11.5. The van der Waals surface area contributed by atoms with Crippen LogP contribution >= 0.6 is 0 Å². The van der Waals surface area contributed by atoms with Crippen molar-refractivity contribution in [1.29, 1.82) is 0 Å². The van der Waals surface area contributed by atoms with Gasteiger partial charge in [0, 0.05) is 33.9 Å². The van der Waals surface area contributed by atoms with Crippen LogP contribution in [0.3, 0.4) is 0 Å². The van der Waals surface area contributed by atoms with Crippen LogP contribution in [0.15, 0.2) is 205 Å². The quantitative estimate of drug-likeness (QED) is 0.176. The van der Waals surface area contributed by atoms with Gasteiger partial charge in [-0.15, -0.1) is 0 Å². The average Bonchev–Trinajstić information content (AvgIpc) is 3.59. The Morgan fingerprint density at radius 3 is 1.58 bits per heavy atom. The van der Waals surface area contributed by atoms with E-state index in [2.05, 4.69) is 193 Å². The molecule has 2 heteroatoms. The van der Waals surface area contributed by atoms with Gasteiger partial charge in [0.25, 0.3) is 0 Å². The van der Waals surface area contributed by atoms with E-state index >= 15 is 0 Å². The summed E-state index contributed by atoms with van der Waals surface area (Å²) in [6.07, 6.45) is 0. The van der Waals surface area contributed by atoms with Crippen molar-refractivity contribution >= 4 is 60.5 Å². The molecule has 0 fully saturated rings. The molecule has 0 radical (unpaired) electrons. The van der Waals surface area contributed by atoms with E-state index in [9.17, 15) is 0 Å². The first-order valence-electron chi connectivity index (χ1n) is 17.8. The molecule has 0 atom stereocenters. The molecule has 244 valence electrons. The van der Waals surface area contributed by atoms with Gasteiger partial charge < -0.3 is 9.32 Å². The zero-order chi connectivity index (χ0) is 34.4. The summed E-state index contributed by atoms with van der Waals surface area (Å²) in [4.78, 5) is 2.32. The zero-order valence-corrected chi connectivity index (χ0v) is 28.4. The Morgan fingerprint density at radius 2 is 0.808 bits per heavy atom. The van der Waals surface area contributed by atoms with Gasteiger partial charge in [-0.05, 0) is 103 Å². The van der Waals surface area contributed by atoms with E-state index < -0.39 is 0 Å². The topological polar surface area (TPSA) is 16.4 Å². The number of rotatable bonds is 6. The van der Waals surface area contributed by atoms with Gasteiger partial charge in [0.1, 0.15) is 11.2 Å². The minimum atomic E-state index is 0.874. The SMILES string of the molecule is c1ccc(-c2cccc3cc(-c4ccc(N(c5ccc(-c6cccc7ccccc67)cc5)c5ccc6c(c5)oc5ccccc56)cc4)ccc23)cc1. The van der Waals surface area contributed by atoms with Crippen molar-refractivity contribution in [3.63, 3.8) is 0 Å². The maximum Gasteiger partial charge on any atom is 0.137 e. The molecule has 1 heterocycles. The first-order valence-corrected chi connectivity index (χ1v) is 17.8. The Morgan fingerprint density at radius 1 is 0.288 bits per heavy atom. The van der Waals surface area contributed by atoms with E-state index in [1.165, 1.54) is 54.9 Å². The van der Waals surface area contributed by atoms with Gasteiger partial charge in [-0.3, -0.25) is 0 Å². The third kappa shape index (κ3) is 5.21. The molecule has 10 rings (SSSR count). The highest BCUT2D eigenvalue weighted by Gasteiger charge is 2.17. The van der Waals surface area contributed by atoms with E-state index in [1.54, 1.807) is 0 Å². The summed E-state index contributed by atoms with van der Waals surface area (Å²) in [7, 11) is 0. The number of nitrogens with zero attached hydrogens (tertiary/aromatic N) is 1. The second-order valence-electron chi connectivity index (χ2n) is 13.3. The highest BCUT2D eigenvalue weighted by Crippen LogP contribution is 2.41. The van der Waals surface area contributed by atoms with Crippen LogP contribution in [0.25, 0.3) is 76.9 Å². The number of fused-ring (bicyclic) bond motifs is 5. The van der Waals surface area contributed by atoms with Crippen molar-refractivity contribution in [2.24, 2.45) is 0 Å². The molecule has 0 N–H and O–H groups in total. The van der Waals surface area contributed by atoms with Crippen molar-refractivity contribution in [2.75, 3.05) is 4.90 Å². The molecule has 0 saturated heterocycles. The first-order chi connectivity index (χ1) is 25.8. The van der Waals surface area contributed by atoms with Crippen LogP contribution in [0.4, 0.5) is 17.1 Å². The summed E-state index contributed by atoms with van der Waals surface area (Å²) in [5.74, 6) is 0. The maximum absolute atomic E-state index is 6.35. The summed E-state index contributed by atoms with van der Waals surface area (Å²) in [5, 5.41) is 7.24. The standard InChI is InChI=1S/C50H33NO/c1-2-10-35(11-3-1)44-18-9-14-39-32-38(24-30-46(39)44)34-20-25-40(26-21-34)51(42-29-31-48-47-16-6-7-19-49(47)52-50(48)33-42)41-27-22-37(23-28-41)45-17-8-13-36-12-4-5-15-43(36)45/h1-33H. The van der Waals surface area contributed by atoms with E-state index in [1.807, 2.05) is 12.1 Å². The van der Waals surface area contributed by atoms with E-state index in [4.69, 9.17) is 4.42 Å². The van der Waals surface area contributed by atoms with Gasteiger partial charge in [0.2, 0.25) is 0 Å². The summed E-state index contributed by atoms with van der Waals surface area (Å²) in [5.41, 5.74) is 12.2. The smallest absolute Gasteiger partial charge is 0.137 e. The van der Waals surface area contributed by atoms with Crippen LogP contribution in [0.1, 0.15) is 0 Å². The Hall–Kier alpha value is -6.90. The van der Waals surface area contributed by atoms with Gasteiger partial charge in [-0.1, -0.05) is 146 Å². The fraction of sp³-hybridized carbons (Fsp3) is 0. The first kappa shape index (κ1) is 30.0. The Balaban J connectivity index is 1.05. The molecule has 0 saturated carbocycles. The van der Waals surface area contributed by atoms with Crippen molar-refractivity contribution in [3.8, 4) is 33.4 Å². The zero-order valence-electron chi connectivity index (χ0n) is 28.4. The number of hydrogen-bond donors (Lipinski definition) is 0. The van der Waals surface area contributed by atoms with E-state index in [0.29, 0.717) is 0 Å². The number of furan rings is 1. The van der Waals surface area contributed by atoms with E-state index in [0.717, 1.165) is 39.0 Å². The average molecular weight is 664 g/mol. The molecule has 10 aromatic rings. The van der Waals surface area contributed by atoms with Gasteiger partial charge in [0.15, 0.2) is 0 Å². The molecule has 0 aliphatic rings. The summed E-state index contributed by atoms with van der Waals surface area (Å²) in [6.45, 7) is 0. The van der Waals surface area contributed by atoms with Crippen LogP contribution in [0.5, 0.6) is 0 Å². The summed E-state index contributed by atoms with van der Waals surface area (Å²) < 4.78 is 6.35. The molecule has 0 unspecified atom stereocenters. The van der Waals surface area contributed by atoms with Crippen LogP contribution in [-0.4, -0.2) is 0 Å². The molecule has 0 spiro atoms. The van der Waals surface area contributed by atoms with Crippen molar-refractivity contribution in [1.82, 2.24) is 0 Å². The van der Waals surface area contributed by atoms with Gasteiger partial charge in [0.05, 0.1) is 0 Å². The number of hydrogen-bond acceptors (Lipinski definition) is 2. The minimum Gasteiger partial charge on any atom is -0.456 e. The lowest BCUT2D eigenvalue weighted by atomic mass is 9.95. The minimum absolute atomic E-state index is 0.874. The Kier molecular flexibility index (Phi) is 7.18. The van der Waals surface area contributed by atoms with Crippen LogP contribution < -0.4 is 4.90 Å². The molecule has 0 aliphatic carbocycles. The molecular weight excluding hydrogens is 631 g/mol. The molecule has 52 heavy (non-hydrogen) atoms. The molecular formula is C50H33NO. The van der Waals surface area contributed by atoms with Crippen molar-refractivity contribution in [3.05, 3.63) is 200 Å². The second kappa shape index (κ2) is 12.5. The fourth-order valence-electron chi connectivity index (χ4n) is 7.70. The largest absolute Gasteiger partial charge is 0.456 e. The molecule has 0 bridgehead atoms. The Bertz CT molecular complexity index is 2880. The third-order valence-corrected chi connectivity index (χ3v) is 10.3. The number of anilines is 3. The lowest BCUT2D eigenvalue weighted by molar-refractivity contribution is 0.669. The highest BCUT2D eigenvalue weighted by molar-refractivity contribution is 6.06. The van der Waals surface area contributed by atoms with Gasteiger partial charge in [-0.25, -0.2) is 0 Å². The lowest BCUT2D eigenvalue weighted by Gasteiger charge is -2.26. The molecule has 1 aromatic heterocycles. The van der Waals surface area contributed by atoms with Gasteiger partial charge >= 0.3 is 0 Å². The van der Waals surface area contributed by atoms with Crippen LogP contribution in [0, 0.1) is 0 Å². The van der Waals surface area contributed by atoms with Crippen molar-refractivity contribution in [2.45, 2.75) is 0 Å². The van der Waals surface area contributed by atoms with Crippen molar-refractivity contribution < 1.29 is 4.42 Å². The summed E-state index contributed by atoms with van der Waals surface area (Å²) in [6, 6.07) is 71.7. The molecule has 0 aliphatic heterocycles. The maximum atomic E-state index is 6.35. The number of para-hydroxylation sites is 1. The summed E-state index contributed by atoms with van der Waals surface area (Å²) >= 11 is 0. The molecule has 2 nitrogen and oxygen atoms in total. The molecule has 0 amide bonds. The third-order valence-electron chi connectivity index (χ3n) is 10.3. The molecule has 9 aromatic carbocycles. The number of benzene rings is 9. The predicted molar refractivity (Wildman–Crippen MR) is 220 cm³/mol. The van der Waals surface area contributed by atoms with Gasteiger partial charge in [-0.2, -0.15) is 0 Å². The highest BCUT2D eigenvalue weighted by atomic mass is 16.3. The van der Waals surface area contributed by atoms with Crippen LogP contribution in [-0.2, 0) is 0 Å². The lowest BCUT2D eigenvalue weighted by Crippen LogP contribution is -2.09. The van der Waals surface area contributed by atoms with E-state index in [-0.39, 0.29) is 0 Å².